The molecular formula is C14H20BrN3S. The van der Waals surface area contributed by atoms with E-state index in [2.05, 4.69) is 56.9 Å². The van der Waals surface area contributed by atoms with E-state index in [0.717, 1.165) is 36.1 Å². The number of aryl methyl sites for hydroxylation is 1. The number of alkyl halides is 1. The van der Waals surface area contributed by atoms with E-state index in [4.69, 9.17) is 0 Å². The summed E-state index contributed by atoms with van der Waals surface area (Å²) in [7, 11) is 0. The van der Waals surface area contributed by atoms with Crippen LogP contribution in [0.4, 0.5) is 5.82 Å². The van der Waals surface area contributed by atoms with Gasteiger partial charge in [0, 0.05) is 17.9 Å². The van der Waals surface area contributed by atoms with Crippen molar-refractivity contribution in [1.82, 2.24) is 9.97 Å². The second-order valence-corrected chi connectivity index (χ2v) is 6.32. The van der Waals surface area contributed by atoms with Crippen LogP contribution in [0.25, 0.3) is 10.2 Å². The number of nitrogens with zero attached hydrogens (tertiary/aromatic N) is 3. The first kappa shape index (κ1) is 14.7. The summed E-state index contributed by atoms with van der Waals surface area (Å²) in [4.78, 5) is 11.4. The summed E-state index contributed by atoms with van der Waals surface area (Å²) in [5.41, 5.74) is 2.34. The number of fused-ring (bicyclic) bond motifs is 1. The lowest BCUT2D eigenvalue weighted by Crippen LogP contribution is -2.36. The van der Waals surface area contributed by atoms with Crippen LogP contribution >= 0.6 is 27.3 Å². The van der Waals surface area contributed by atoms with E-state index in [0.29, 0.717) is 6.04 Å². The summed E-state index contributed by atoms with van der Waals surface area (Å²) >= 11 is 5.31. The molecule has 0 fully saturated rings. The molecule has 0 unspecified atom stereocenters. The van der Waals surface area contributed by atoms with Gasteiger partial charge in [-0.25, -0.2) is 9.97 Å². The van der Waals surface area contributed by atoms with Crippen LogP contribution < -0.4 is 4.90 Å². The van der Waals surface area contributed by atoms with Gasteiger partial charge >= 0.3 is 0 Å². The molecule has 3 nitrogen and oxygen atoms in total. The molecule has 0 saturated carbocycles. The molecule has 2 heterocycles. The molecule has 0 saturated heterocycles. The van der Waals surface area contributed by atoms with Crippen LogP contribution in [0.15, 0.2) is 11.7 Å². The molecule has 0 N–H and O–H groups in total. The van der Waals surface area contributed by atoms with Crippen molar-refractivity contribution in [1.29, 1.82) is 0 Å². The number of hydrogen-bond acceptors (Lipinski definition) is 4. The molecule has 2 rings (SSSR count). The van der Waals surface area contributed by atoms with Gasteiger partial charge in [0.25, 0.3) is 0 Å². The zero-order valence-corrected chi connectivity index (χ0v) is 14.1. The highest BCUT2D eigenvalue weighted by atomic mass is 79.9. The number of anilines is 1. The Balaban J connectivity index is 2.49. The van der Waals surface area contributed by atoms with Crippen LogP contribution in [0, 0.1) is 6.92 Å². The van der Waals surface area contributed by atoms with E-state index >= 15 is 0 Å². The molecule has 0 spiro atoms. The molecule has 0 radical (unpaired) electrons. The maximum Gasteiger partial charge on any atom is 0.150 e. The van der Waals surface area contributed by atoms with Crippen LogP contribution in [0.5, 0.6) is 0 Å². The maximum atomic E-state index is 4.56. The van der Waals surface area contributed by atoms with E-state index in [1.807, 2.05) is 0 Å². The van der Waals surface area contributed by atoms with Crippen molar-refractivity contribution in [2.45, 2.75) is 39.7 Å². The largest absolute Gasteiger partial charge is 0.352 e. The molecule has 0 aliphatic rings. The van der Waals surface area contributed by atoms with Gasteiger partial charge in [-0.05, 0) is 30.7 Å². The Bertz CT molecular complexity index is 536. The summed E-state index contributed by atoms with van der Waals surface area (Å²) in [6.45, 7) is 7.58. The van der Waals surface area contributed by atoms with Crippen LogP contribution in [0.2, 0.25) is 0 Å². The van der Waals surface area contributed by atoms with Gasteiger partial charge < -0.3 is 4.90 Å². The molecular weight excluding hydrogens is 322 g/mol. The monoisotopic (exact) mass is 341 g/mol. The lowest BCUT2D eigenvalue weighted by molar-refractivity contribution is 0.565. The van der Waals surface area contributed by atoms with Crippen LogP contribution in [0.1, 0.15) is 32.3 Å². The Morgan fingerprint density at radius 3 is 2.68 bits per heavy atom. The number of aromatic nitrogens is 2. The smallest absolute Gasteiger partial charge is 0.150 e. The molecule has 5 heteroatoms. The Labute approximate surface area is 127 Å². The van der Waals surface area contributed by atoms with Crippen molar-refractivity contribution in [3.8, 4) is 0 Å². The average Bonchev–Trinajstić information content (AvgIpc) is 2.81. The molecule has 0 aliphatic heterocycles. The topological polar surface area (TPSA) is 29.0 Å². The number of rotatable bonds is 6. The van der Waals surface area contributed by atoms with Crippen molar-refractivity contribution < 1.29 is 0 Å². The number of hydrogen-bond donors (Lipinski definition) is 0. The summed E-state index contributed by atoms with van der Waals surface area (Å²) in [6.07, 6.45) is 3.97. The van der Waals surface area contributed by atoms with Crippen molar-refractivity contribution in [3.63, 3.8) is 0 Å². The molecule has 2 aromatic heterocycles. The molecule has 104 valence electrons. The maximum absolute atomic E-state index is 4.56. The van der Waals surface area contributed by atoms with Gasteiger partial charge in [0.2, 0.25) is 0 Å². The Kier molecular flexibility index (Phi) is 5.16. The third kappa shape index (κ3) is 2.92. The van der Waals surface area contributed by atoms with Crippen LogP contribution in [-0.2, 0) is 0 Å². The van der Waals surface area contributed by atoms with E-state index in [1.165, 1.54) is 10.3 Å². The fourth-order valence-corrected chi connectivity index (χ4v) is 3.83. The fraction of sp³-hybridized carbons (Fsp3) is 0.571. The summed E-state index contributed by atoms with van der Waals surface area (Å²) in [5, 5.41) is 3.13. The first-order chi connectivity index (χ1) is 9.22. The van der Waals surface area contributed by atoms with E-state index in [1.54, 1.807) is 17.7 Å². The summed E-state index contributed by atoms with van der Waals surface area (Å²) in [5.74, 6) is 1.09. The Morgan fingerprint density at radius 2 is 2.05 bits per heavy atom. The molecule has 0 aliphatic carbocycles. The SMILES string of the molecule is CCC(CC)N(CCBr)c1ncnc2c(C)csc12. The van der Waals surface area contributed by atoms with Gasteiger partial charge in [-0.15, -0.1) is 11.3 Å². The van der Waals surface area contributed by atoms with E-state index < -0.39 is 0 Å². The van der Waals surface area contributed by atoms with Crippen molar-refractivity contribution >= 4 is 43.3 Å². The summed E-state index contributed by atoms with van der Waals surface area (Å²) < 4.78 is 1.22. The molecule has 0 atom stereocenters. The molecule has 0 bridgehead atoms. The lowest BCUT2D eigenvalue weighted by Gasteiger charge is -2.31. The zero-order valence-electron chi connectivity index (χ0n) is 11.7. The van der Waals surface area contributed by atoms with E-state index in [9.17, 15) is 0 Å². The first-order valence-electron chi connectivity index (χ1n) is 6.74. The Morgan fingerprint density at radius 1 is 1.32 bits per heavy atom. The van der Waals surface area contributed by atoms with Crippen molar-refractivity contribution in [2.75, 3.05) is 16.8 Å². The second kappa shape index (κ2) is 6.66. The average molecular weight is 342 g/mol. The predicted molar refractivity (Wildman–Crippen MR) is 87.7 cm³/mol. The first-order valence-corrected chi connectivity index (χ1v) is 8.74. The summed E-state index contributed by atoms with van der Waals surface area (Å²) in [6, 6.07) is 0.540. The molecule has 0 amide bonds. The number of thiophene rings is 1. The minimum absolute atomic E-state index is 0.540. The van der Waals surface area contributed by atoms with Crippen molar-refractivity contribution in [2.24, 2.45) is 0 Å². The zero-order chi connectivity index (χ0) is 13.8. The van der Waals surface area contributed by atoms with Gasteiger partial charge in [-0.1, -0.05) is 29.8 Å². The fourth-order valence-electron chi connectivity index (χ4n) is 2.44. The van der Waals surface area contributed by atoms with Crippen LogP contribution in [-0.4, -0.2) is 27.9 Å². The predicted octanol–water partition coefficient (Wildman–Crippen LogP) is 4.39. The Hall–Kier alpha value is -0.680. The van der Waals surface area contributed by atoms with Gasteiger partial charge in [0.1, 0.15) is 12.1 Å². The van der Waals surface area contributed by atoms with Crippen LogP contribution in [0.3, 0.4) is 0 Å². The standard InChI is InChI=1S/C14H20BrN3S/c1-4-11(5-2)18(7-6-15)14-13-12(16-9-17-14)10(3)8-19-13/h8-9,11H,4-7H2,1-3H3. The normalized spacial score (nSPS) is 11.4. The van der Waals surface area contributed by atoms with Gasteiger partial charge in [-0.2, -0.15) is 0 Å². The highest BCUT2D eigenvalue weighted by molar-refractivity contribution is 9.09. The second-order valence-electron chi connectivity index (χ2n) is 4.65. The third-order valence-electron chi connectivity index (χ3n) is 3.49. The van der Waals surface area contributed by atoms with Crippen molar-refractivity contribution in [3.05, 3.63) is 17.3 Å². The van der Waals surface area contributed by atoms with Gasteiger partial charge in [-0.3, -0.25) is 0 Å². The van der Waals surface area contributed by atoms with Gasteiger partial charge in [0.15, 0.2) is 0 Å². The minimum Gasteiger partial charge on any atom is -0.352 e. The highest BCUT2D eigenvalue weighted by Gasteiger charge is 2.20. The molecule has 0 aromatic carbocycles. The molecule has 2 aromatic rings. The minimum atomic E-state index is 0.540. The highest BCUT2D eigenvalue weighted by Crippen LogP contribution is 2.32. The molecule has 19 heavy (non-hydrogen) atoms. The number of halogens is 1. The third-order valence-corrected chi connectivity index (χ3v) is 4.93. The van der Waals surface area contributed by atoms with E-state index in [-0.39, 0.29) is 0 Å². The lowest BCUT2D eigenvalue weighted by atomic mass is 10.1. The van der Waals surface area contributed by atoms with Gasteiger partial charge in [0.05, 0.1) is 10.2 Å². The quantitative estimate of drug-likeness (QED) is 0.729.